The van der Waals surface area contributed by atoms with Crippen LogP contribution in [-0.4, -0.2) is 39.0 Å². The highest BCUT2D eigenvalue weighted by Gasteiger charge is 2.19. The van der Waals surface area contributed by atoms with Gasteiger partial charge in [-0.25, -0.2) is 22.9 Å². The number of sulfonamides is 1. The molecular weight excluding hydrogens is 348 g/mol. The fourth-order valence-electron chi connectivity index (χ4n) is 1.85. The third-order valence-electron chi connectivity index (χ3n) is 3.11. The number of rotatable bonds is 6. The summed E-state index contributed by atoms with van der Waals surface area (Å²) in [7, 11) is -2.59. The molecule has 9 heteroatoms. The van der Waals surface area contributed by atoms with Gasteiger partial charge < -0.3 is 9.47 Å². The van der Waals surface area contributed by atoms with Gasteiger partial charge in [-0.2, -0.15) is 0 Å². The molecule has 1 amide bonds. The number of pyridine rings is 1. The number of hydrogen-bond donors (Lipinski definition) is 1. The van der Waals surface area contributed by atoms with Crippen molar-refractivity contribution >= 4 is 21.9 Å². The van der Waals surface area contributed by atoms with Gasteiger partial charge in [0.25, 0.3) is 15.9 Å². The van der Waals surface area contributed by atoms with E-state index in [0.717, 1.165) is 6.20 Å². The molecule has 0 aliphatic carbocycles. The molecule has 2 rings (SSSR count). The Morgan fingerprint density at radius 3 is 2.32 bits per heavy atom. The van der Waals surface area contributed by atoms with Gasteiger partial charge in [-0.15, -0.1) is 0 Å². The first-order valence-corrected chi connectivity index (χ1v) is 8.70. The summed E-state index contributed by atoms with van der Waals surface area (Å²) in [5.74, 6) is -0.997. The molecule has 0 saturated carbocycles. The largest absolute Gasteiger partial charge is 0.497 e. The van der Waals surface area contributed by atoms with Crippen molar-refractivity contribution in [2.75, 3.05) is 13.7 Å². The Bertz CT molecular complexity index is 861. The molecule has 25 heavy (non-hydrogen) atoms. The van der Waals surface area contributed by atoms with Crippen LogP contribution in [0.1, 0.15) is 27.8 Å². The van der Waals surface area contributed by atoms with Gasteiger partial charge in [0.2, 0.25) is 0 Å². The van der Waals surface area contributed by atoms with Crippen molar-refractivity contribution in [3.8, 4) is 5.75 Å². The minimum absolute atomic E-state index is 0.00913. The van der Waals surface area contributed by atoms with Gasteiger partial charge in [-0.05, 0) is 43.3 Å². The predicted octanol–water partition coefficient (Wildman–Crippen LogP) is 1.39. The van der Waals surface area contributed by atoms with E-state index in [1.54, 1.807) is 6.92 Å². The quantitative estimate of drug-likeness (QED) is 0.771. The van der Waals surface area contributed by atoms with E-state index in [1.807, 2.05) is 4.72 Å². The maximum Gasteiger partial charge on any atom is 0.356 e. The first-order chi connectivity index (χ1) is 11.9. The first kappa shape index (κ1) is 18.4. The van der Waals surface area contributed by atoms with Gasteiger partial charge in [-0.3, -0.25) is 4.79 Å². The number of esters is 1. The number of aromatic nitrogens is 1. The number of carbonyl (C=O) groups excluding carboxylic acids is 2. The average molecular weight is 364 g/mol. The number of nitrogens with zero attached hydrogens (tertiary/aromatic N) is 1. The molecule has 0 unspecified atom stereocenters. The van der Waals surface area contributed by atoms with Crippen LogP contribution in [0.25, 0.3) is 0 Å². The van der Waals surface area contributed by atoms with Crippen LogP contribution in [0.2, 0.25) is 0 Å². The number of methoxy groups -OCH3 is 1. The van der Waals surface area contributed by atoms with Crippen molar-refractivity contribution < 1.29 is 27.5 Å². The highest BCUT2D eigenvalue weighted by molar-refractivity contribution is 7.90. The molecular formula is C16H16N2O6S. The molecule has 2 aromatic rings. The van der Waals surface area contributed by atoms with Crippen LogP contribution >= 0.6 is 0 Å². The van der Waals surface area contributed by atoms with Gasteiger partial charge in [-0.1, -0.05) is 0 Å². The third-order valence-corrected chi connectivity index (χ3v) is 4.45. The molecule has 1 aromatic carbocycles. The van der Waals surface area contributed by atoms with Gasteiger partial charge in [0, 0.05) is 6.20 Å². The van der Waals surface area contributed by atoms with Crippen molar-refractivity contribution in [1.82, 2.24) is 9.71 Å². The Morgan fingerprint density at radius 1 is 1.12 bits per heavy atom. The van der Waals surface area contributed by atoms with Crippen molar-refractivity contribution in [2.45, 2.75) is 11.8 Å². The zero-order valence-electron chi connectivity index (χ0n) is 13.6. The van der Waals surface area contributed by atoms with Crippen LogP contribution in [0.5, 0.6) is 5.75 Å². The Balaban J connectivity index is 2.13. The van der Waals surface area contributed by atoms with E-state index >= 15 is 0 Å². The van der Waals surface area contributed by atoms with Crippen LogP contribution in [0.3, 0.4) is 0 Å². The fraction of sp³-hybridized carbons (Fsp3) is 0.188. The number of amides is 1. The Labute approximate surface area is 144 Å². The molecule has 0 saturated heterocycles. The number of nitrogens with one attached hydrogen (secondary N) is 1. The summed E-state index contributed by atoms with van der Waals surface area (Å²) in [5, 5.41) is 0. The fourth-order valence-corrected chi connectivity index (χ4v) is 2.82. The van der Waals surface area contributed by atoms with Gasteiger partial charge >= 0.3 is 5.97 Å². The van der Waals surface area contributed by atoms with Crippen LogP contribution in [0.4, 0.5) is 0 Å². The second-order valence-electron chi connectivity index (χ2n) is 4.76. The standard InChI is InChI=1S/C16H16N2O6S/c1-3-24-16(20)14-9-4-11(10-17-14)15(19)18-25(21,22)13-7-5-12(23-2)6-8-13/h4-10H,3H2,1-2H3,(H,18,19). The lowest BCUT2D eigenvalue weighted by atomic mass is 10.2. The molecule has 0 spiro atoms. The summed E-state index contributed by atoms with van der Waals surface area (Å²) in [6.45, 7) is 1.85. The van der Waals surface area contributed by atoms with E-state index in [1.165, 1.54) is 43.5 Å². The number of hydrogen-bond acceptors (Lipinski definition) is 7. The molecule has 1 N–H and O–H groups in total. The molecule has 0 bridgehead atoms. The average Bonchev–Trinajstić information content (AvgIpc) is 2.61. The lowest BCUT2D eigenvalue weighted by Gasteiger charge is -2.08. The number of ether oxygens (including phenoxy) is 2. The number of carbonyl (C=O) groups is 2. The summed E-state index contributed by atoms with van der Waals surface area (Å²) in [5.41, 5.74) is 0.0153. The Kier molecular flexibility index (Phi) is 5.71. The molecule has 0 fully saturated rings. The van der Waals surface area contributed by atoms with E-state index in [4.69, 9.17) is 9.47 Å². The van der Waals surface area contributed by atoms with Crippen LogP contribution in [0.15, 0.2) is 47.5 Å². The van der Waals surface area contributed by atoms with E-state index in [-0.39, 0.29) is 22.8 Å². The van der Waals surface area contributed by atoms with Crippen LogP contribution in [0, 0.1) is 0 Å². The highest BCUT2D eigenvalue weighted by Crippen LogP contribution is 2.15. The maximum atomic E-state index is 12.2. The van der Waals surface area contributed by atoms with Gasteiger partial charge in [0.05, 0.1) is 24.2 Å². The zero-order chi connectivity index (χ0) is 18.4. The Morgan fingerprint density at radius 2 is 1.80 bits per heavy atom. The van der Waals surface area contributed by atoms with Gasteiger partial charge in [0.15, 0.2) is 0 Å². The Hall–Kier alpha value is -2.94. The van der Waals surface area contributed by atoms with E-state index in [0.29, 0.717) is 5.75 Å². The van der Waals surface area contributed by atoms with Crippen LogP contribution < -0.4 is 9.46 Å². The molecule has 1 heterocycles. The molecule has 0 aliphatic heterocycles. The van der Waals surface area contributed by atoms with Gasteiger partial charge in [0.1, 0.15) is 11.4 Å². The normalized spacial score (nSPS) is 10.8. The minimum Gasteiger partial charge on any atom is -0.497 e. The minimum atomic E-state index is -4.04. The summed E-state index contributed by atoms with van der Waals surface area (Å²) in [6.07, 6.45) is 1.10. The van der Waals surface area contributed by atoms with E-state index in [2.05, 4.69) is 4.98 Å². The van der Waals surface area contributed by atoms with Crippen molar-refractivity contribution in [2.24, 2.45) is 0 Å². The van der Waals surface area contributed by atoms with E-state index < -0.39 is 21.9 Å². The molecule has 8 nitrogen and oxygen atoms in total. The third kappa shape index (κ3) is 4.54. The molecule has 132 valence electrons. The zero-order valence-corrected chi connectivity index (χ0v) is 14.4. The lowest BCUT2D eigenvalue weighted by molar-refractivity contribution is 0.0519. The molecule has 0 atom stereocenters. The monoisotopic (exact) mass is 364 g/mol. The predicted molar refractivity (Wildman–Crippen MR) is 87.8 cm³/mol. The molecule has 0 radical (unpaired) electrons. The van der Waals surface area contributed by atoms with Crippen molar-refractivity contribution in [3.63, 3.8) is 0 Å². The second-order valence-corrected chi connectivity index (χ2v) is 6.45. The van der Waals surface area contributed by atoms with Crippen molar-refractivity contribution in [1.29, 1.82) is 0 Å². The van der Waals surface area contributed by atoms with Crippen molar-refractivity contribution in [3.05, 3.63) is 53.9 Å². The SMILES string of the molecule is CCOC(=O)c1ccc(C(=O)NS(=O)(=O)c2ccc(OC)cc2)cn1. The summed E-state index contributed by atoms with van der Waals surface area (Å²) in [6, 6.07) is 8.14. The van der Waals surface area contributed by atoms with E-state index in [9.17, 15) is 18.0 Å². The summed E-state index contributed by atoms with van der Waals surface area (Å²) >= 11 is 0. The second kappa shape index (κ2) is 7.75. The first-order valence-electron chi connectivity index (χ1n) is 7.21. The maximum absolute atomic E-state index is 12.2. The lowest BCUT2D eigenvalue weighted by Crippen LogP contribution is -2.30. The smallest absolute Gasteiger partial charge is 0.356 e. The summed E-state index contributed by atoms with van der Waals surface area (Å²) < 4.78 is 36.1. The molecule has 0 aliphatic rings. The number of benzene rings is 1. The molecule has 1 aromatic heterocycles. The summed E-state index contributed by atoms with van der Waals surface area (Å²) in [4.78, 5) is 27.3. The topological polar surface area (TPSA) is 112 Å². The van der Waals surface area contributed by atoms with Crippen LogP contribution in [-0.2, 0) is 14.8 Å². The highest BCUT2D eigenvalue weighted by atomic mass is 32.2.